The fourth-order valence-corrected chi connectivity index (χ4v) is 2.98. The molecule has 0 unspecified atom stereocenters. The SMILES string of the molecule is COC(=O)c1cc2n(n1)CCCN(C(=O)c1cc(C)ccc1C)C2. The van der Waals surface area contributed by atoms with Gasteiger partial charge in [-0.05, 0) is 38.0 Å². The van der Waals surface area contributed by atoms with Crippen LogP contribution in [0.4, 0.5) is 0 Å². The quantitative estimate of drug-likeness (QED) is 0.794. The van der Waals surface area contributed by atoms with Crippen LogP contribution >= 0.6 is 0 Å². The second-order valence-corrected chi connectivity index (χ2v) is 6.13. The third kappa shape index (κ3) is 3.04. The van der Waals surface area contributed by atoms with Crippen LogP contribution in [0.2, 0.25) is 0 Å². The van der Waals surface area contributed by atoms with Gasteiger partial charge < -0.3 is 9.64 Å². The molecular formula is C18H21N3O3. The molecule has 126 valence electrons. The van der Waals surface area contributed by atoms with Crippen LogP contribution in [0.5, 0.6) is 0 Å². The van der Waals surface area contributed by atoms with E-state index in [1.54, 1.807) is 10.7 Å². The number of benzene rings is 1. The van der Waals surface area contributed by atoms with Gasteiger partial charge in [-0.25, -0.2) is 4.79 Å². The Hall–Kier alpha value is -2.63. The number of ether oxygens (including phenoxy) is 1. The van der Waals surface area contributed by atoms with Gasteiger partial charge in [0.05, 0.1) is 19.3 Å². The minimum Gasteiger partial charge on any atom is -0.464 e. The van der Waals surface area contributed by atoms with Gasteiger partial charge in [-0.3, -0.25) is 9.48 Å². The maximum absolute atomic E-state index is 12.9. The van der Waals surface area contributed by atoms with Crippen LogP contribution in [0.1, 0.15) is 44.1 Å². The molecule has 1 aliphatic heterocycles. The predicted octanol–water partition coefficient (Wildman–Crippen LogP) is 2.33. The molecular weight excluding hydrogens is 306 g/mol. The highest BCUT2D eigenvalue weighted by atomic mass is 16.5. The maximum Gasteiger partial charge on any atom is 0.358 e. The highest BCUT2D eigenvalue weighted by Crippen LogP contribution is 2.19. The van der Waals surface area contributed by atoms with E-state index in [9.17, 15) is 9.59 Å². The molecule has 0 radical (unpaired) electrons. The fourth-order valence-electron chi connectivity index (χ4n) is 2.98. The van der Waals surface area contributed by atoms with Gasteiger partial charge in [0.1, 0.15) is 0 Å². The first-order valence-electron chi connectivity index (χ1n) is 8.01. The van der Waals surface area contributed by atoms with E-state index in [4.69, 9.17) is 4.74 Å². The Balaban J connectivity index is 1.87. The molecule has 0 atom stereocenters. The molecule has 2 aromatic rings. The summed E-state index contributed by atoms with van der Waals surface area (Å²) in [6.45, 7) is 5.72. The molecule has 6 nitrogen and oxygen atoms in total. The highest BCUT2D eigenvalue weighted by Gasteiger charge is 2.24. The van der Waals surface area contributed by atoms with Gasteiger partial charge in [0.15, 0.2) is 5.69 Å². The van der Waals surface area contributed by atoms with Gasteiger partial charge in [0.2, 0.25) is 0 Å². The molecule has 1 aromatic carbocycles. The summed E-state index contributed by atoms with van der Waals surface area (Å²) < 4.78 is 6.52. The summed E-state index contributed by atoms with van der Waals surface area (Å²) >= 11 is 0. The molecule has 0 spiro atoms. The Labute approximate surface area is 141 Å². The number of carbonyl (C=O) groups is 2. The van der Waals surface area contributed by atoms with Crippen molar-refractivity contribution in [2.75, 3.05) is 13.7 Å². The number of aromatic nitrogens is 2. The van der Waals surface area contributed by atoms with Crippen molar-refractivity contribution in [2.24, 2.45) is 0 Å². The van der Waals surface area contributed by atoms with E-state index >= 15 is 0 Å². The van der Waals surface area contributed by atoms with E-state index < -0.39 is 5.97 Å². The third-order valence-corrected chi connectivity index (χ3v) is 4.32. The average Bonchev–Trinajstić information content (AvgIpc) is 2.87. The molecule has 1 amide bonds. The van der Waals surface area contributed by atoms with E-state index in [0.717, 1.165) is 28.8 Å². The van der Waals surface area contributed by atoms with Gasteiger partial charge in [0, 0.05) is 18.7 Å². The second kappa shape index (κ2) is 6.47. The van der Waals surface area contributed by atoms with E-state index in [1.165, 1.54) is 7.11 Å². The number of rotatable bonds is 2. The lowest BCUT2D eigenvalue weighted by Gasteiger charge is -2.21. The molecule has 0 N–H and O–H groups in total. The number of hydrogen-bond donors (Lipinski definition) is 0. The van der Waals surface area contributed by atoms with Crippen molar-refractivity contribution in [1.82, 2.24) is 14.7 Å². The van der Waals surface area contributed by atoms with Gasteiger partial charge in [-0.1, -0.05) is 17.7 Å². The van der Waals surface area contributed by atoms with Gasteiger partial charge in [-0.2, -0.15) is 5.10 Å². The van der Waals surface area contributed by atoms with Crippen LogP contribution in [-0.4, -0.2) is 40.2 Å². The van der Waals surface area contributed by atoms with Crippen molar-refractivity contribution in [3.63, 3.8) is 0 Å². The summed E-state index contributed by atoms with van der Waals surface area (Å²) in [6.07, 6.45) is 0.798. The minimum absolute atomic E-state index is 0.0190. The molecule has 1 aliphatic rings. The Bertz CT molecular complexity index is 795. The van der Waals surface area contributed by atoms with E-state index in [2.05, 4.69) is 5.10 Å². The van der Waals surface area contributed by atoms with Crippen molar-refractivity contribution in [1.29, 1.82) is 0 Å². The monoisotopic (exact) mass is 327 g/mol. The molecule has 0 saturated heterocycles. The first-order valence-corrected chi connectivity index (χ1v) is 8.01. The first-order chi connectivity index (χ1) is 11.5. The van der Waals surface area contributed by atoms with Crippen molar-refractivity contribution in [2.45, 2.75) is 33.4 Å². The molecule has 3 rings (SSSR count). The number of esters is 1. The van der Waals surface area contributed by atoms with Gasteiger partial charge in [0.25, 0.3) is 5.91 Å². The standard InChI is InChI=1S/C18H21N3O3/c1-12-5-6-13(2)15(9-12)17(22)20-7-4-8-21-14(11-20)10-16(19-21)18(23)24-3/h5-6,9-10H,4,7-8,11H2,1-3H3. The summed E-state index contributed by atoms with van der Waals surface area (Å²) in [6, 6.07) is 7.62. The molecule has 2 heterocycles. The summed E-state index contributed by atoms with van der Waals surface area (Å²) in [5.74, 6) is -0.437. The second-order valence-electron chi connectivity index (χ2n) is 6.13. The van der Waals surface area contributed by atoms with Crippen molar-refractivity contribution < 1.29 is 14.3 Å². The van der Waals surface area contributed by atoms with E-state index in [-0.39, 0.29) is 11.6 Å². The topological polar surface area (TPSA) is 64.4 Å². The first kappa shape index (κ1) is 16.2. The third-order valence-electron chi connectivity index (χ3n) is 4.32. The smallest absolute Gasteiger partial charge is 0.358 e. The number of hydrogen-bond acceptors (Lipinski definition) is 4. The van der Waals surface area contributed by atoms with Gasteiger partial charge in [-0.15, -0.1) is 0 Å². The summed E-state index contributed by atoms with van der Waals surface area (Å²) in [5, 5.41) is 4.28. The number of methoxy groups -OCH3 is 1. The molecule has 1 aromatic heterocycles. The Kier molecular flexibility index (Phi) is 4.38. The normalized spacial score (nSPS) is 14.0. The lowest BCUT2D eigenvalue weighted by Crippen LogP contribution is -2.31. The molecule has 0 bridgehead atoms. The number of carbonyl (C=O) groups excluding carboxylic acids is 2. The summed E-state index contributed by atoms with van der Waals surface area (Å²) in [4.78, 5) is 26.4. The molecule has 24 heavy (non-hydrogen) atoms. The van der Waals surface area contributed by atoms with E-state index in [1.807, 2.05) is 36.9 Å². The zero-order valence-corrected chi connectivity index (χ0v) is 14.2. The van der Waals surface area contributed by atoms with Crippen molar-refractivity contribution in [3.8, 4) is 0 Å². The molecule has 0 fully saturated rings. The zero-order chi connectivity index (χ0) is 17.3. The lowest BCUT2D eigenvalue weighted by molar-refractivity contribution is 0.0593. The molecule has 6 heteroatoms. The number of nitrogens with zero attached hydrogens (tertiary/aromatic N) is 3. The summed E-state index contributed by atoms with van der Waals surface area (Å²) in [7, 11) is 1.34. The van der Waals surface area contributed by atoms with Crippen LogP contribution in [-0.2, 0) is 17.8 Å². The van der Waals surface area contributed by atoms with Crippen molar-refractivity contribution >= 4 is 11.9 Å². The number of aryl methyl sites for hydroxylation is 3. The Morgan fingerprint density at radius 3 is 2.71 bits per heavy atom. The molecule has 0 saturated carbocycles. The predicted molar refractivity (Wildman–Crippen MR) is 88.8 cm³/mol. The zero-order valence-electron chi connectivity index (χ0n) is 14.2. The van der Waals surface area contributed by atoms with Crippen molar-refractivity contribution in [3.05, 3.63) is 52.3 Å². The van der Waals surface area contributed by atoms with Gasteiger partial charge >= 0.3 is 5.97 Å². The van der Waals surface area contributed by atoms with Crippen LogP contribution in [0.3, 0.4) is 0 Å². The van der Waals surface area contributed by atoms with E-state index in [0.29, 0.717) is 19.6 Å². The number of amides is 1. The average molecular weight is 327 g/mol. The fraction of sp³-hybridized carbons (Fsp3) is 0.389. The largest absolute Gasteiger partial charge is 0.464 e. The minimum atomic E-state index is -0.456. The van der Waals surface area contributed by atoms with Crippen LogP contribution in [0.25, 0.3) is 0 Å². The van der Waals surface area contributed by atoms with Crippen LogP contribution in [0, 0.1) is 13.8 Å². The Morgan fingerprint density at radius 2 is 1.96 bits per heavy atom. The molecule has 0 aliphatic carbocycles. The Morgan fingerprint density at radius 1 is 1.17 bits per heavy atom. The van der Waals surface area contributed by atoms with Crippen LogP contribution < -0.4 is 0 Å². The highest BCUT2D eigenvalue weighted by molar-refractivity contribution is 5.96. The summed E-state index contributed by atoms with van der Waals surface area (Å²) in [5.41, 5.74) is 3.91. The number of fused-ring (bicyclic) bond motifs is 1. The lowest BCUT2D eigenvalue weighted by atomic mass is 10.0. The maximum atomic E-state index is 12.9. The van der Waals surface area contributed by atoms with Crippen LogP contribution in [0.15, 0.2) is 24.3 Å².